The Morgan fingerprint density at radius 2 is 2.09 bits per heavy atom. The van der Waals surface area contributed by atoms with Crippen LogP contribution in [-0.2, 0) is 0 Å². The SMILES string of the molecule is O=C(NC[C@@H]1CCCC[C@H]1O)c1ccc(-c2n[nH]c(=S)o2)cc1. The predicted octanol–water partition coefficient (Wildman–Crippen LogP) is 2.68. The van der Waals surface area contributed by atoms with E-state index in [4.69, 9.17) is 16.6 Å². The maximum Gasteiger partial charge on any atom is 0.284 e. The predicted molar refractivity (Wildman–Crippen MR) is 87.4 cm³/mol. The van der Waals surface area contributed by atoms with Crippen molar-refractivity contribution in [1.29, 1.82) is 0 Å². The van der Waals surface area contributed by atoms with Crippen molar-refractivity contribution in [3.63, 3.8) is 0 Å². The highest BCUT2D eigenvalue weighted by molar-refractivity contribution is 7.71. The minimum absolute atomic E-state index is 0.141. The lowest BCUT2D eigenvalue weighted by Crippen LogP contribution is -2.36. The van der Waals surface area contributed by atoms with Gasteiger partial charge in [0.15, 0.2) is 0 Å². The van der Waals surface area contributed by atoms with Crippen LogP contribution < -0.4 is 5.32 Å². The van der Waals surface area contributed by atoms with Gasteiger partial charge in [-0.1, -0.05) is 12.8 Å². The average Bonchev–Trinajstić information content (AvgIpc) is 3.00. The summed E-state index contributed by atoms with van der Waals surface area (Å²) in [6, 6.07) is 6.96. The van der Waals surface area contributed by atoms with Crippen LogP contribution in [0.2, 0.25) is 0 Å². The molecule has 7 heteroatoms. The molecule has 1 aliphatic rings. The lowest BCUT2D eigenvalue weighted by Gasteiger charge is -2.27. The van der Waals surface area contributed by atoms with E-state index in [1.165, 1.54) is 0 Å². The zero-order valence-corrected chi connectivity index (χ0v) is 13.4. The number of benzene rings is 1. The minimum atomic E-state index is -0.305. The molecular weight excluding hydrogens is 314 g/mol. The Morgan fingerprint density at radius 1 is 1.35 bits per heavy atom. The second-order valence-corrected chi connectivity index (χ2v) is 6.19. The number of nitrogens with one attached hydrogen (secondary N) is 2. The largest absolute Gasteiger partial charge is 0.409 e. The van der Waals surface area contributed by atoms with E-state index in [0.717, 1.165) is 31.2 Å². The third kappa shape index (κ3) is 3.86. The van der Waals surface area contributed by atoms with Crippen molar-refractivity contribution >= 4 is 18.1 Å². The van der Waals surface area contributed by atoms with Crippen molar-refractivity contribution in [1.82, 2.24) is 15.5 Å². The summed E-state index contributed by atoms with van der Waals surface area (Å²) in [7, 11) is 0. The molecule has 23 heavy (non-hydrogen) atoms. The number of aromatic nitrogens is 2. The number of aliphatic hydroxyl groups is 1. The summed E-state index contributed by atoms with van der Waals surface area (Å²) in [6.45, 7) is 0.510. The molecule has 0 spiro atoms. The molecule has 3 N–H and O–H groups in total. The van der Waals surface area contributed by atoms with Crippen molar-refractivity contribution in [2.75, 3.05) is 6.54 Å². The van der Waals surface area contributed by atoms with Crippen LogP contribution >= 0.6 is 12.2 Å². The molecule has 1 aromatic heterocycles. The first-order valence-electron chi connectivity index (χ1n) is 7.75. The molecule has 1 heterocycles. The number of hydrogen-bond acceptors (Lipinski definition) is 5. The highest BCUT2D eigenvalue weighted by Gasteiger charge is 2.23. The van der Waals surface area contributed by atoms with E-state index in [2.05, 4.69) is 15.5 Å². The van der Waals surface area contributed by atoms with Gasteiger partial charge < -0.3 is 14.8 Å². The first-order valence-corrected chi connectivity index (χ1v) is 8.16. The second-order valence-electron chi connectivity index (χ2n) is 5.82. The van der Waals surface area contributed by atoms with Crippen molar-refractivity contribution in [3.8, 4) is 11.5 Å². The van der Waals surface area contributed by atoms with Gasteiger partial charge in [-0.3, -0.25) is 4.79 Å². The Morgan fingerprint density at radius 3 is 2.74 bits per heavy atom. The van der Waals surface area contributed by atoms with E-state index in [0.29, 0.717) is 18.0 Å². The molecule has 1 aromatic carbocycles. The van der Waals surface area contributed by atoms with Crippen molar-refractivity contribution in [2.24, 2.45) is 5.92 Å². The fraction of sp³-hybridized carbons (Fsp3) is 0.438. The fourth-order valence-corrected chi connectivity index (χ4v) is 2.99. The van der Waals surface area contributed by atoms with Crippen LogP contribution in [0, 0.1) is 10.8 Å². The molecule has 1 fully saturated rings. The summed E-state index contributed by atoms with van der Waals surface area (Å²) in [5, 5.41) is 19.3. The van der Waals surface area contributed by atoms with Crippen LogP contribution in [-0.4, -0.2) is 33.9 Å². The monoisotopic (exact) mass is 333 g/mol. The van der Waals surface area contributed by atoms with Crippen LogP contribution in [0.15, 0.2) is 28.7 Å². The third-order valence-corrected chi connectivity index (χ3v) is 4.40. The zero-order valence-electron chi connectivity index (χ0n) is 12.6. The second kappa shape index (κ2) is 7.06. The van der Waals surface area contributed by atoms with Gasteiger partial charge in [-0.25, -0.2) is 5.10 Å². The number of H-pyrrole nitrogens is 1. The van der Waals surface area contributed by atoms with Gasteiger partial charge in [0.25, 0.3) is 10.7 Å². The molecule has 0 radical (unpaired) electrons. The van der Waals surface area contributed by atoms with Gasteiger partial charge in [0.2, 0.25) is 5.89 Å². The molecular formula is C16H19N3O3S. The van der Waals surface area contributed by atoms with Crippen LogP contribution in [0.3, 0.4) is 0 Å². The molecule has 3 rings (SSSR count). The molecule has 2 aromatic rings. The Bertz CT molecular complexity index is 723. The number of carbonyl (C=O) groups excluding carboxylic acids is 1. The molecule has 2 atom stereocenters. The highest BCUT2D eigenvalue weighted by atomic mass is 32.1. The molecule has 1 saturated carbocycles. The Balaban J connectivity index is 1.60. The zero-order chi connectivity index (χ0) is 16.2. The van der Waals surface area contributed by atoms with Gasteiger partial charge in [0.1, 0.15) is 0 Å². The van der Waals surface area contributed by atoms with Crippen LogP contribution in [0.4, 0.5) is 0 Å². The van der Waals surface area contributed by atoms with Crippen LogP contribution in [0.5, 0.6) is 0 Å². The molecule has 0 unspecified atom stereocenters. The van der Waals surface area contributed by atoms with E-state index < -0.39 is 0 Å². The van der Waals surface area contributed by atoms with E-state index in [1.807, 2.05) is 0 Å². The summed E-state index contributed by atoms with van der Waals surface area (Å²) in [5.74, 6) is 0.407. The molecule has 0 aliphatic heterocycles. The Hall–Kier alpha value is -1.99. The maximum absolute atomic E-state index is 12.2. The number of carbonyl (C=O) groups is 1. The molecule has 1 aliphatic carbocycles. The molecule has 6 nitrogen and oxygen atoms in total. The first kappa shape index (κ1) is 15.9. The number of aliphatic hydroxyl groups excluding tert-OH is 1. The smallest absolute Gasteiger partial charge is 0.284 e. The number of amides is 1. The van der Waals surface area contributed by atoms with Gasteiger partial charge in [-0.15, -0.1) is 5.10 Å². The van der Waals surface area contributed by atoms with Gasteiger partial charge in [-0.2, -0.15) is 0 Å². The molecule has 0 bridgehead atoms. The lowest BCUT2D eigenvalue weighted by molar-refractivity contribution is 0.0663. The summed E-state index contributed by atoms with van der Waals surface area (Å²) in [4.78, 5) is 12.4. The quantitative estimate of drug-likeness (QED) is 0.748. The fourth-order valence-electron chi connectivity index (χ4n) is 2.87. The number of hydrogen-bond donors (Lipinski definition) is 3. The minimum Gasteiger partial charge on any atom is -0.409 e. The van der Waals surface area contributed by atoms with E-state index in [1.54, 1.807) is 24.3 Å². The van der Waals surface area contributed by atoms with Gasteiger partial charge in [0, 0.05) is 23.6 Å². The van der Waals surface area contributed by atoms with Crippen molar-refractivity contribution in [2.45, 2.75) is 31.8 Å². The normalized spacial score (nSPS) is 21.1. The van der Waals surface area contributed by atoms with E-state index >= 15 is 0 Å². The first-order chi connectivity index (χ1) is 11.1. The standard InChI is InChI=1S/C16H19N3O3S/c20-13-4-2-1-3-12(13)9-17-14(21)10-5-7-11(8-6-10)15-18-19-16(23)22-15/h5-8,12-13,20H,1-4,9H2,(H,17,21)(H,19,23)/t12-,13+/m0/s1. The van der Waals surface area contributed by atoms with Gasteiger partial charge in [0.05, 0.1) is 6.10 Å². The van der Waals surface area contributed by atoms with Gasteiger partial charge in [-0.05, 0) is 49.3 Å². The third-order valence-electron chi connectivity index (χ3n) is 4.23. The Labute approximate surface area is 138 Å². The Kier molecular flexibility index (Phi) is 4.88. The van der Waals surface area contributed by atoms with Crippen LogP contribution in [0.1, 0.15) is 36.0 Å². The van der Waals surface area contributed by atoms with E-state index in [9.17, 15) is 9.90 Å². The van der Waals surface area contributed by atoms with Crippen molar-refractivity contribution < 1.29 is 14.3 Å². The van der Waals surface area contributed by atoms with Gasteiger partial charge >= 0.3 is 0 Å². The molecule has 0 saturated heterocycles. The van der Waals surface area contributed by atoms with Crippen LogP contribution in [0.25, 0.3) is 11.5 Å². The van der Waals surface area contributed by atoms with E-state index in [-0.39, 0.29) is 22.8 Å². The number of nitrogens with zero attached hydrogens (tertiary/aromatic N) is 1. The topological polar surface area (TPSA) is 91.1 Å². The number of rotatable bonds is 4. The maximum atomic E-state index is 12.2. The lowest BCUT2D eigenvalue weighted by atomic mass is 9.86. The summed E-state index contributed by atoms with van der Waals surface area (Å²) in [5.41, 5.74) is 1.31. The van der Waals surface area contributed by atoms with Crippen molar-refractivity contribution in [3.05, 3.63) is 34.7 Å². The molecule has 122 valence electrons. The summed E-state index contributed by atoms with van der Waals surface area (Å²) < 4.78 is 5.23. The average molecular weight is 333 g/mol. The number of aromatic amines is 1. The summed E-state index contributed by atoms with van der Waals surface area (Å²) >= 11 is 4.84. The molecule has 1 amide bonds. The summed E-state index contributed by atoms with van der Waals surface area (Å²) in [6.07, 6.45) is 3.67. The highest BCUT2D eigenvalue weighted by Crippen LogP contribution is 2.23.